The molecule has 1 saturated heterocycles. The lowest BCUT2D eigenvalue weighted by molar-refractivity contribution is -0.113. The first-order valence-electron chi connectivity index (χ1n) is 7.52. The Morgan fingerprint density at radius 1 is 1.21 bits per heavy atom. The largest absolute Gasteiger partial charge is 0.435 e. The molecule has 0 radical (unpaired) electrons. The number of halogens is 2. The number of hydrogen-bond acceptors (Lipinski definition) is 5. The Kier molecular flexibility index (Phi) is 5.15. The number of ether oxygens (including phenoxy) is 1. The highest BCUT2D eigenvalue weighted by molar-refractivity contribution is 8.18. The molecule has 0 unspecified atom stereocenters. The Morgan fingerprint density at radius 2 is 1.88 bits per heavy atom. The van der Waals surface area contributed by atoms with Crippen LogP contribution in [0.5, 0.6) is 5.75 Å². The van der Waals surface area contributed by atoms with Gasteiger partial charge in [0, 0.05) is 26.2 Å². The van der Waals surface area contributed by atoms with E-state index in [0.29, 0.717) is 4.91 Å². The van der Waals surface area contributed by atoms with Crippen LogP contribution in [0.4, 0.5) is 8.78 Å². The lowest BCUT2D eigenvalue weighted by atomic mass is 10.2. The molecule has 0 bridgehead atoms. The van der Waals surface area contributed by atoms with Gasteiger partial charge >= 0.3 is 6.61 Å². The van der Waals surface area contributed by atoms with Crippen molar-refractivity contribution in [1.82, 2.24) is 9.80 Å². The van der Waals surface area contributed by atoms with Crippen molar-refractivity contribution < 1.29 is 18.3 Å². The van der Waals surface area contributed by atoms with Crippen molar-refractivity contribution in [3.8, 4) is 5.75 Å². The second-order valence-corrected chi connectivity index (χ2v) is 6.56. The maximum Gasteiger partial charge on any atom is 0.387 e. The summed E-state index contributed by atoms with van der Waals surface area (Å²) in [6.07, 6.45) is 1.71. The maximum atomic E-state index is 12.1. The van der Waals surface area contributed by atoms with Crippen LogP contribution in [0.1, 0.15) is 5.56 Å². The van der Waals surface area contributed by atoms with Crippen molar-refractivity contribution in [3.63, 3.8) is 0 Å². The molecule has 128 valence electrons. The fourth-order valence-electron chi connectivity index (χ4n) is 2.43. The average molecular weight is 353 g/mol. The van der Waals surface area contributed by atoms with Crippen molar-refractivity contribution >= 4 is 28.9 Å². The number of amidine groups is 1. The van der Waals surface area contributed by atoms with E-state index in [2.05, 4.69) is 26.6 Å². The first-order chi connectivity index (χ1) is 11.5. The minimum atomic E-state index is -2.85. The van der Waals surface area contributed by atoms with Crippen molar-refractivity contribution in [1.29, 1.82) is 0 Å². The van der Waals surface area contributed by atoms with Crippen LogP contribution in [0.2, 0.25) is 0 Å². The van der Waals surface area contributed by atoms with Gasteiger partial charge in [0.1, 0.15) is 5.75 Å². The summed E-state index contributed by atoms with van der Waals surface area (Å²) in [6.45, 7) is 0.739. The molecule has 1 amide bonds. The van der Waals surface area contributed by atoms with Crippen LogP contribution in [-0.4, -0.2) is 60.7 Å². The predicted molar refractivity (Wildman–Crippen MR) is 90.2 cm³/mol. The molecule has 1 fully saturated rings. The van der Waals surface area contributed by atoms with Crippen LogP contribution in [0.25, 0.3) is 6.08 Å². The zero-order valence-corrected chi connectivity index (χ0v) is 13.9. The van der Waals surface area contributed by atoms with Gasteiger partial charge in [-0.25, -0.2) is 0 Å². The number of alkyl halides is 2. The molecule has 0 N–H and O–H groups in total. The molecule has 2 heterocycles. The van der Waals surface area contributed by atoms with Crippen molar-refractivity contribution in [3.05, 3.63) is 34.7 Å². The number of likely N-dealkylation sites (N-methyl/N-ethyl adjacent to an activating group) is 1. The molecule has 0 atom stereocenters. The van der Waals surface area contributed by atoms with Crippen LogP contribution in [-0.2, 0) is 4.79 Å². The standard InChI is InChI=1S/C16H17F2N3O2S/c1-20-6-8-21(9-7-20)16-19-14(22)13(24-16)10-11-2-4-12(5-3-11)23-15(17)18/h2-5,10,15H,6-9H2,1H3/b13-10-. The van der Waals surface area contributed by atoms with E-state index >= 15 is 0 Å². The third-order valence-corrected chi connectivity index (χ3v) is 4.83. The fraction of sp³-hybridized carbons (Fsp3) is 0.375. The molecular weight excluding hydrogens is 336 g/mol. The Morgan fingerprint density at radius 3 is 2.50 bits per heavy atom. The number of thioether (sulfide) groups is 1. The van der Waals surface area contributed by atoms with Gasteiger partial charge in [0.15, 0.2) is 5.17 Å². The summed E-state index contributed by atoms with van der Waals surface area (Å²) >= 11 is 1.35. The Hall–Kier alpha value is -1.93. The van der Waals surface area contributed by atoms with E-state index in [1.165, 1.54) is 23.9 Å². The summed E-state index contributed by atoms with van der Waals surface area (Å²) in [5, 5.41) is 0.733. The fourth-order valence-corrected chi connectivity index (χ4v) is 3.39. The van der Waals surface area contributed by atoms with Gasteiger partial charge < -0.3 is 14.5 Å². The van der Waals surface area contributed by atoms with E-state index in [9.17, 15) is 13.6 Å². The third-order valence-electron chi connectivity index (χ3n) is 3.79. The zero-order chi connectivity index (χ0) is 17.1. The average Bonchev–Trinajstić information content (AvgIpc) is 2.90. The van der Waals surface area contributed by atoms with Gasteiger partial charge in [0.25, 0.3) is 5.91 Å². The van der Waals surface area contributed by atoms with Crippen molar-refractivity contribution in [2.24, 2.45) is 4.99 Å². The molecule has 2 aliphatic heterocycles. The van der Waals surface area contributed by atoms with E-state index in [4.69, 9.17) is 0 Å². The van der Waals surface area contributed by atoms with Gasteiger partial charge in [-0.1, -0.05) is 12.1 Å². The predicted octanol–water partition coefficient (Wildman–Crippen LogP) is 2.51. The number of amides is 1. The van der Waals surface area contributed by atoms with E-state index in [-0.39, 0.29) is 11.7 Å². The van der Waals surface area contributed by atoms with Crippen LogP contribution in [0, 0.1) is 0 Å². The van der Waals surface area contributed by atoms with Gasteiger partial charge in [-0.2, -0.15) is 13.8 Å². The molecule has 0 aliphatic carbocycles. The van der Waals surface area contributed by atoms with Crippen molar-refractivity contribution in [2.45, 2.75) is 6.61 Å². The summed E-state index contributed by atoms with van der Waals surface area (Å²) < 4.78 is 28.6. The van der Waals surface area contributed by atoms with Gasteiger partial charge in [-0.05, 0) is 42.6 Å². The quantitative estimate of drug-likeness (QED) is 0.782. The molecule has 0 spiro atoms. The second-order valence-electron chi connectivity index (χ2n) is 5.55. The zero-order valence-electron chi connectivity index (χ0n) is 13.1. The van der Waals surface area contributed by atoms with Crippen LogP contribution in [0.15, 0.2) is 34.2 Å². The van der Waals surface area contributed by atoms with E-state index < -0.39 is 6.61 Å². The van der Waals surface area contributed by atoms with Crippen LogP contribution >= 0.6 is 11.8 Å². The molecule has 1 aromatic rings. The van der Waals surface area contributed by atoms with Gasteiger partial charge in [0.05, 0.1) is 4.91 Å². The number of piperazine rings is 1. The molecule has 1 aromatic carbocycles. The highest BCUT2D eigenvalue weighted by atomic mass is 32.2. The molecular formula is C16H17F2N3O2S. The van der Waals surface area contributed by atoms with Gasteiger partial charge in [0.2, 0.25) is 0 Å². The summed E-state index contributed by atoms with van der Waals surface area (Å²) in [7, 11) is 2.07. The SMILES string of the molecule is CN1CCN(C2=NC(=O)/C(=C/c3ccc(OC(F)F)cc3)S2)CC1. The maximum absolute atomic E-state index is 12.1. The normalized spacial score (nSPS) is 20.8. The number of nitrogens with zero attached hydrogens (tertiary/aromatic N) is 3. The molecule has 0 aromatic heterocycles. The molecule has 3 rings (SSSR count). The Bertz CT molecular complexity index is 668. The Labute approximate surface area is 143 Å². The number of rotatable bonds is 3. The number of carbonyl (C=O) groups is 1. The monoisotopic (exact) mass is 353 g/mol. The number of carbonyl (C=O) groups excluding carboxylic acids is 1. The Balaban J connectivity index is 1.65. The number of aliphatic imine (C=N–C) groups is 1. The lowest BCUT2D eigenvalue weighted by Gasteiger charge is -2.32. The summed E-state index contributed by atoms with van der Waals surface area (Å²) in [6, 6.07) is 6.16. The van der Waals surface area contributed by atoms with E-state index in [1.807, 2.05) is 0 Å². The first-order valence-corrected chi connectivity index (χ1v) is 8.34. The van der Waals surface area contributed by atoms with Crippen LogP contribution in [0.3, 0.4) is 0 Å². The summed E-state index contributed by atoms with van der Waals surface area (Å²) in [5.41, 5.74) is 0.738. The number of hydrogen-bond donors (Lipinski definition) is 0. The summed E-state index contributed by atoms with van der Waals surface area (Å²) in [5.74, 6) is -0.172. The van der Waals surface area contributed by atoms with Gasteiger partial charge in [-0.15, -0.1) is 0 Å². The summed E-state index contributed by atoms with van der Waals surface area (Å²) in [4.78, 5) is 21.1. The molecule has 8 heteroatoms. The highest BCUT2D eigenvalue weighted by Gasteiger charge is 2.27. The van der Waals surface area contributed by atoms with Crippen LogP contribution < -0.4 is 4.74 Å². The molecule has 0 saturated carbocycles. The minimum Gasteiger partial charge on any atom is -0.435 e. The third kappa shape index (κ3) is 4.12. The first kappa shape index (κ1) is 16.9. The lowest BCUT2D eigenvalue weighted by Crippen LogP contribution is -2.46. The smallest absolute Gasteiger partial charge is 0.387 e. The van der Waals surface area contributed by atoms with E-state index in [1.54, 1.807) is 18.2 Å². The molecule has 24 heavy (non-hydrogen) atoms. The van der Waals surface area contributed by atoms with Crippen molar-refractivity contribution in [2.75, 3.05) is 33.2 Å². The van der Waals surface area contributed by atoms with Gasteiger partial charge in [-0.3, -0.25) is 4.79 Å². The second kappa shape index (κ2) is 7.31. The van der Waals surface area contributed by atoms with E-state index in [0.717, 1.165) is 36.9 Å². The number of benzene rings is 1. The topological polar surface area (TPSA) is 45.1 Å². The minimum absolute atomic E-state index is 0.0897. The molecule has 5 nitrogen and oxygen atoms in total. The molecule has 2 aliphatic rings. The highest BCUT2D eigenvalue weighted by Crippen LogP contribution is 2.31.